The zero-order valence-electron chi connectivity index (χ0n) is 33.4. The second kappa shape index (κ2) is 15.9. The molecule has 2 atom stereocenters. The zero-order valence-corrected chi connectivity index (χ0v) is 35.2. The summed E-state index contributed by atoms with van der Waals surface area (Å²) >= 11 is 1.64. The number of halogens is 1. The van der Waals surface area contributed by atoms with E-state index in [2.05, 4.69) is 70.0 Å². The van der Waals surface area contributed by atoms with Crippen LogP contribution in [0.2, 0.25) is 16.6 Å². The van der Waals surface area contributed by atoms with Gasteiger partial charge in [-0.25, -0.2) is 14.4 Å². The molecule has 12 heteroatoms. The second-order valence-electron chi connectivity index (χ2n) is 16.1. The summed E-state index contributed by atoms with van der Waals surface area (Å²) in [5.74, 6) is 4.46. The quantitative estimate of drug-likeness (QED) is 0.0404. The standard InChI is InChI=1S/C43H52FN5O4SSi/c1-27(2)55(28(3)4,29(5)6)18-17-34-35(44)16-15-31-19-33(51-26-50-9)20-32(38(31)34)21-49-25-45-39-40(49)46-42(47-41(39)54-24-30-13-11-10-12-14-30)48-22-36-37(23-48)53-43(7,8)52-36/h10-16,19-20,25,27-29,36-37H,21-24,26H2,1-9H3/t36-,37+. The molecule has 2 aliphatic heterocycles. The third kappa shape index (κ3) is 7.87. The normalized spacial score (nSPS) is 18.2. The van der Waals surface area contributed by atoms with Gasteiger partial charge in [0, 0.05) is 31.3 Å². The van der Waals surface area contributed by atoms with Crippen molar-refractivity contribution in [3.63, 3.8) is 0 Å². The van der Waals surface area contributed by atoms with Gasteiger partial charge < -0.3 is 28.4 Å². The first-order valence-electron chi connectivity index (χ1n) is 19.2. The topological polar surface area (TPSA) is 83.8 Å². The number of imidazole rings is 1. The molecule has 4 heterocycles. The van der Waals surface area contributed by atoms with Crippen molar-refractivity contribution in [1.29, 1.82) is 0 Å². The highest BCUT2D eigenvalue weighted by molar-refractivity contribution is 7.98. The number of ether oxygens (including phenoxy) is 4. The van der Waals surface area contributed by atoms with Gasteiger partial charge in [-0.15, -0.1) is 5.54 Å². The lowest BCUT2D eigenvalue weighted by atomic mass is 9.98. The molecule has 2 fully saturated rings. The van der Waals surface area contributed by atoms with Crippen molar-refractivity contribution in [2.75, 3.05) is 31.9 Å². The van der Waals surface area contributed by atoms with E-state index in [4.69, 9.17) is 33.9 Å². The van der Waals surface area contributed by atoms with E-state index >= 15 is 4.39 Å². The van der Waals surface area contributed by atoms with Gasteiger partial charge in [0.15, 0.2) is 18.2 Å². The number of anilines is 1. The van der Waals surface area contributed by atoms with Crippen molar-refractivity contribution >= 4 is 47.7 Å². The molecule has 9 nitrogen and oxygen atoms in total. The number of nitrogens with zero attached hydrogens (tertiary/aromatic N) is 5. The fraction of sp³-hybridized carbons (Fsp3) is 0.465. The van der Waals surface area contributed by atoms with Crippen LogP contribution in [0.4, 0.5) is 10.3 Å². The van der Waals surface area contributed by atoms with E-state index in [1.165, 1.54) is 11.6 Å². The van der Waals surface area contributed by atoms with E-state index in [0.717, 1.165) is 27.1 Å². The SMILES string of the molecule is COCOc1cc(Cn2cnc3c(SCc4ccccc4)nc(N4C[C@@H]5OC(C)(C)O[C@@H]5C4)nc32)c2c(C#C[Si](C(C)C)(C(C)C)C(C)C)c(F)ccc2c1. The molecule has 290 valence electrons. The van der Waals surface area contributed by atoms with Crippen LogP contribution >= 0.6 is 11.8 Å². The maximum Gasteiger partial charge on any atom is 0.228 e. The maximum atomic E-state index is 16.2. The van der Waals surface area contributed by atoms with Gasteiger partial charge >= 0.3 is 0 Å². The molecular weight excluding hydrogens is 730 g/mol. The fourth-order valence-electron chi connectivity index (χ4n) is 8.62. The highest BCUT2D eigenvalue weighted by atomic mass is 32.2. The summed E-state index contributed by atoms with van der Waals surface area (Å²) in [6, 6.07) is 17.5. The molecule has 0 radical (unpaired) electrons. The number of methoxy groups -OCH3 is 1. The predicted molar refractivity (Wildman–Crippen MR) is 221 cm³/mol. The molecule has 0 bridgehead atoms. The zero-order chi connectivity index (χ0) is 39.1. The van der Waals surface area contributed by atoms with Crippen LogP contribution in [0, 0.1) is 17.3 Å². The molecule has 2 aromatic heterocycles. The maximum absolute atomic E-state index is 16.2. The van der Waals surface area contributed by atoms with E-state index in [1.807, 2.05) is 48.7 Å². The average Bonchev–Trinajstić information content (AvgIpc) is 3.81. The van der Waals surface area contributed by atoms with Crippen molar-refractivity contribution in [1.82, 2.24) is 19.5 Å². The average molecular weight is 782 g/mol. The number of fused-ring (bicyclic) bond motifs is 3. The first-order valence-corrected chi connectivity index (χ1v) is 22.4. The van der Waals surface area contributed by atoms with E-state index in [0.29, 0.717) is 64.7 Å². The summed E-state index contributed by atoms with van der Waals surface area (Å²) in [5.41, 5.74) is 8.84. The number of thioether (sulfide) groups is 1. The van der Waals surface area contributed by atoms with Crippen LogP contribution in [0.15, 0.2) is 66.0 Å². The Kier molecular flexibility index (Phi) is 11.3. The summed E-state index contributed by atoms with van der Waals surface area (Å²) in [4.78, 5) is 17.3. The molecule has 0 unspecified atom stereocenters. The van der Waals surface area contributed by atoms with Gasteiger partial charge in [0.1, 0.15) is 42.4 Å². The van der Waals surface area contributed by atoms with Crippen LogP contribution in [0.25, 0.3) is 21.9 Å². The molecule has 2 aliphatic rings. The van der Waals surface area contributed by atoms with Crippen LogP contribution < -0.4 is 9.64 Å². The van der Waals surface area contributed by atoms with Gasteiger partial charge in [0.05, 0.1) is 18.4 Å². The first kappa shape index (κ1) is 39.2. The molecular formula is C43H52FN5O4SSi. The van der Waals surface area contributed by atoms with Crippen molar-refractivity contribution in [2.24, 2.45) is 0 Å². The second-order valence-corrected chi connectivity index (χ2v) is 22.6. The summed E-state index contributed by atoms with van der Waals surface area (Å²) in [7, 11) is -0.575. The minimum atomic E-state index is -2.17. The van der Waals surface area contributed by atoms with E-state index in [9.17, 15) is 0 Å². The van der Waals surface area contributed by atoms with Crippen molar-refractivity contribution in [2.45, 2.75) is 107 Å². The van der Waals surface area contributed by atoms with Crippen molar-refractivity contribution < 1.29 is 23.3 Å². The fourth-order valence-corrected chi connectivity index (χ4v) is 14.8. The Morgan fingerprint density at radius 3 is 2.31 bits per heavy atom. The lowest BCUT2D eigenvalue weighted by molar-refractivity contribution is -0.147. The highest BCUT2D eigenvalue weighted by Crippen LogP contribution is 2.42. The monoisotopic (exact) mass is 781 g/mol. The molecule has 55 heavy (non-hydrogen) atoms. The van der Waals surface area contributed by atoms with Crippen LogP contribution in [0.5, 0.6) is 5.75 Å². The lowest BCUT2D eigenvalue weighted by Gasteiger charge is -2.38. The molecule has 0 saturated carbocycles. The van der Waals surface area contributed by atoms with E-state index in [-0.39, 0.29) is 24.8 Å². The van der Waals surface area contributed by atoms with Gasteiger partial charge in [-0.05, 0) is 65.2 Å². The number of aromatic nitrogens is 4. The summed E-state index contributed by atoms with van der Waals surface area (Å²) in [6.07, 6.45) is 1.66. The number of hydrogen-bond donors (Lipinski definition) is 0. The van der Waals surface area contributed by atoms with Gasteiger partial charge in [-0.3, -0.25) is 0 Å². The molecule has 0 aliphatic carbocycles. The van der Waals surface area contributed by atoms with Crippen LogP contribution in [-0.4, -0.2) is 72.6 Å². The van der Waals surface area contributed by atoms with Crippen molar-refractivity contribution in [3.05, 3.63) is 83.4 Å². The third-order valence-electron chi connectivity index (χ3n) is 11.1. The summed E-state index contributed by atoms with van der Waals surface area (Å²) < 4.78 is 41.9. The van der Waals surface area contributed by atoms with Crippen LogP contribution in [-0.2, 0) is 26.5 Å². The third-order valence-corrected chi connectivity index (χ3v) is 18.4. The lowest BCUT2D eigenvalue weighted by Crippen LogP contribution is -2.43. The highest BCUT2D eigenvalue weighted by Gasteiger charge is 2.47. The Morgan fingerprint density at radius 1 is 0.964 bits per heavy atom. The first-order chi connectivity index (χ1) is 26.3. The summed E-state index contributed by atoms with van der Waals surface area (Å²) in [5, 5.41) is 2.39. The van der Waals surface area contributed by atoms with E-state index < -0.39 is 13.9 Å². The molecule has 0 spiro atoms. The number of rotatable bonds is 12. The predicted octanol–water partition coefficient (Wildman–Crippen LogP) is 9.35. The van der Waals surface area contributed by atoms with Gasteiger partial charge in [0.25, 0.3) is 0 Å². The van der Waals surface area contributed by atoms with Gasteiger partial charge in [0.2, 0.25) is 5.95 Å². The minimum absolute atomic E-state index is 0.0702. The Labute approximate surface area is 329 Å². The Bertz CT molecular complexity index is 2200. The molecule has 3 aromatic carbocycles. The van der Waals surface area contributed by atoms with Gasteiger partial charge in [-0.2, -0.15) is 4.98 Å². The minimum Gasteiger partial charge on any atom is -0.468 e. The molecule has 7 rings (SSSR count). The number of benzene rings is 3. The Balaban J connectivity index is 1.35. The molecule has 5 aromatic rings. The largest absolute Gasteiger partial charge is 0.468 e. The van der Waals surface area contributed by atoms with E-state index in [1.54, 1.807) is 31.3 Å². The van der Waals surface area contributed by atoms with Crippen LogP contribution in [0.3, 0.4) is 0 Å². The molecule has 2 saturated heterocycles. The van der Waals surface area contributed by atoms with Crippen LogP contribution in [0.1, 0.15) is 72.1 Å². The Hall–Kier alpha value is -3.99. The molecule has 0 N–H and O–H groups in total. The molecule has 0 amide bonds. The Morgan fingerprint density at radius 2 is 1.65 bits per heavy atom. The smallest absolute Gasteiger partial charge is 0.228 e. The van der Waals surface area contributed by atoms with Crippen molar-refractivity contribution in [3.8, 4) is 17.2 Å². The number of hydrogen-bond acceptors (Lipinski definition) is 9. The van der Waals surface area contributed by atoms with Gasteiger partial charge in [-0.1, -0.05) is 95.6 Å². The summed E-state index contributed by atoms with van der Waals surface area (Å²) in [6.45, 7) is 19.2.